The van der Waals surface area contributed by atoms with Crippen molar-refractivity contribution in [3.05, 3.63) is 11.5 Å². The number of hydrogen-bond donors (Lipinski definition) is 0. The Morgan fingerprint density at radius 2 is 1.81 bits per heavy atom. The summed E-state index contributed by atoms with van der Waals surface area (Å²) >= 11 is 0. The van der Waals surface area contributed by atoms with Crippen molar-refractivity contribution in [2.75, 3.05) is 20.2 Å². The first-order valence-corrected chi connectivity index (χ1v) is 5.76. The molecule has 0 aromatic rings. The first-order chi connectivity index (χ1) is 7.33. The minimum absolute atomic E-state index is 0.203. The molecule has 16 heavy (non-hydrogen) atoms. The van der Waals surface area contributed by atoms with E-state index < -0.39 is 12.5 Å². The second-order valence-corrected chi connectivity index (χ2v) is 4.10. The average Bonchev–Trinajstić information content (AvgIpc) is 2.26. The smallest absolute Gasteiger partial charge is 0.298 e. The molecule has 0 amide bonds. The van der Waals surface area contributed by atoms with E-state index in [9.17, 15) is 8.78 Å². The van der Waals surface area contributed by atoms with Crippen LogP contribution < -0.4 is 0 Å². The molecule has 0 unspecified atom stereocenters. The van der Waals surface area contributed by atoms with Crippen LogP contribution >= 0.6 is 0 Å². The summed E-state index contributed by atoms with van der Waals surface area (Å²) in [5.41, 5.74) is 0.863. The molecule has 0 aromatic carbocycles. The maximum atomic E-state index is 13.1. The highest BCUT2D eigenvalue weighted by Gasteiger charge is 2.36. The normalized spacial score (nSPS) is 19.9. The predicted molar refractivity (Wildman–Crippen MR) is 62.4 cm³/mol. The molecule has 0 spiro atoms. The summed E-state index contributed by atoms with van der Waals surface area (Å²) < 4.78 is 31.3. The zero-order valence-electron chi connectivity index (χ0n) is 11.1. The van der Waals surface area contributed by atoms with Crippen LogP contribution in [-0.4, -0.2) is 31.0 Å². The lowest BCUT2D eigenvalue weighted by Gasteiger charge is -2.25. The molecule has 0 radical (unpaired) electrons. The van der Waals surface area contributed by atoms with Gasteiger partial charge in [-0.1, -0.05) is 27.7 Å². The Hall–Kier alpha value is -0.800. The highest BCUT2D eigenvalue weighted by atomic mass is 19.3. The topological polar surface area (TPSA) is 12.5 Å². The van der Waals surface area contributed by atoms with Gasteiger partial charge in [-0.05, 0) is 12.8 Å². The average molecular weight is 235 g/mol. The van der Waals surface area contributed by atoms with Crippen LogP contribution in [0.3, 0.4) is 0 Å². The van der Waals surface area contributed by atoms with E-state index in [0.717, 1.165) is 5.70 Å². The lowest BCUT2D eigenvalue weighted by Crippen LogP contribution is -2.35. The SMILES string of the molecule is CC.CC1=C(C(C)C)N(C)CC(F)(F)CO1. The number of nitrogens with zero attached hydrogens (tertiary/aromatic N) is 1. The first-order valence-electron chi connectivity index (χ1n) is 5.76. The van der Waals surface area contributed by atoms with Crippen LogP contribution in [0, 0.1) is 5.92 Å². The molecule has 4 heteroatoms. The number of rotatable bonds is 1. The van der Waals surface area contributed by atoms with Crippen LogP contribution in [0.1, 0.15) is 34.6 Å². The summed E-state index contributed by atoms with van der Waals surface area (Å²) in [6.45, 7) is 8.91. The van der Waals surface area contributed by atoms with Crippen LogP contribution in [-0.2, 0) is 4.74 Å². The first kappa shape index (κ1) is 15.2. The van der Waals surface area contributed by atoms with E-state index in [1.54, 1.807) is 18.9 Å². The predicted octanol–water partition coefficient (Wildman–Crippen LogP) is 3.50. The third-order valence-electron chi connectivity index (χ3n) is 2.29. The van der Waals surface area contributed by atoms with E-state index in [1.807, 2.05) is 27.7 Å². The van der Waals surface area contributed by atoms with Crippen LogP contribution in [0.15, 0.2) is 11.5 Å². The van der Waals surface area contributed by atoms with E-state index >= 15 is 0 Å². The molecule has 0 atom stereocenters. The molecule has 0 fully saturated rings. The fraction of sp³-hybridized carbons (Fsp3) is 0.833. The number of halogens is 2. The minimum Gasteiger partial charge on any atom is -0.490 e. The summed E-state index contributed by atoms with van der Waals surface area (Å²) in [5.74, 6) is -1.94. The van der Waals surface area contributed by atoms with Gasteiger partial charge in [-0.15, -0.1) is 0 Å². The third-order valence-corrected chi connectivity index (χ3v) is 2.29. The molecule has 0 saturated heterocycles. The van der Waals surface area contributed by atoms with Gasteiger partial charge in [-0.25, -0.2) is 8.78 Å². The third kappa shape index (κ3) is 3.99. The number of hydrogen-bond acceptors (Lipinski definition) is 2. The highest BCUT2D eigenvalue weighted by molar-refractivity contribution is 5.10. The lowest BCUT2D eigenvalue weighted by molar-refractivity contribution is -0.0625. The van der Waals surface area contributed by atoms with E-state index in [1.165, 1.54) is 0 Å². The monoisotopic (exact) mass is 235 g/mol. The Kier molecular flexibility index (Phi) is 5.76. The molecule has 0 N–H and O–H groups in total. The van der Waals surface area contributed by atoms with Gasteiger partial charge in [0, 0.05) is 7.05 Å². The van der Waals surface area contributed by atoms with Gasteiger partial charge in [0.2, 0.25) is 0 Å². The van der Waals surface area contributed by atoms with Crippen LogP contribution in [0.25, 0.3) is 0 Å². The van der Waals surface area contributed by atoms with Gasteiger partial charge in [0.25, 0.3) is 5.92 Å². The zero-order chi connectivity index (χ0) is 12.9. The van der Waals surface area contributed by atoms with Crippen LogP contribution in [0.2, 0.25) is 0 Å². The number of alkyl halides is 2. The number of ether oxygens (including phenoxy) is 1. The molecule has 1 heterocycles. The van der Waals surface area contributed by atoms with Crippen molar-refractivity contribution in [2.45, 2.75) is 40.5 Å². The minimum atomic E-state index is -2.76. The van der Waals surface area contributed by atoms with Crippen molar-refractivity contribution in [2.24, 2.45) is 5.92 Å². The summed E-state index contributed by atoms with van der Waals surface area (Å²) in [6, 6.07) is 0. The van der Waals surface area contributed by atoms with E-state index in [0.29, 0.717) is 5.76 Å². The van der Waals surface area contributed by atoms with Gasteiger partial charge >= 0.3 is 0 Å². The van der Waals surface area contributed by atoms with Crippen molar-refractivity contribution >= 4 is 0 Å². The van der Waals surface area contributed by atoms with Crippen molar-refractivity contribution in [3.63, 3.8) is 0 Å². The Labute approximate surface area is 97.3 Å². The second-order valence-electron chi connectivity index (χ2n) is 4.10. The second kappa shape index (κ2) is 6.06. The van der Waals surface area contributed by atoms with E-state index in [2.05, 4.69) is 0 Å². The van der Waals surface area contributed by atoms with E-state index in [4.69, 9.17) is 4.74 Å². The zero-order valence-corrected chi connectivity index (χ0v) is 11.1. The maximum absolute atomic E-state index is 13.1. The Bertz CT molecular complexity index is 249. The van der Waals surface area contributed by atoms with Crippen molar-refractivity contribution < 1.29 is 13.5 Å². The van der Waals surface area contributed by atoms with Crippen molar-refractivity contribution in [1.29, 1.82) is 0 Å². The molecule has 1 aliphatic heterocycles. The van der Waals surface area contributed by atoms with Gasteiger partial charge < -0.3 is 9.64 Å². The fourth-order valence-electron chi connectivity index (χ4n) is 1.88. The van der Waals surface area contributed by atoms with Crippen molar-refractivity contribution in [1.82, 2.24) is 4.90 Å². The molecule has 0 bridgehead atoms. The van der Waals surface area contributed by atoms with Gasteiger partial charge in [0.15, 0.2) is 6.61 Å². The fourth-order valence-corrected chi connectivity index (χ4v) is 1.88. The molecule has 0 aliphatic carbocycles. The Morgan fingerprint density at radius 1 is 1.31 bits per heavy atom. The quantitative estimate of drug-likeness (QED) is 0.689. The summed E-state index contributed by atoms with van der Waals surface area (Å²) in [5, 5.41) is 0. The van der Waals surface area contributed by atoms with Gasteiger partial charge in [0.1, 0.15) is 5.76 Å². The van der Waals surface area contributed by atoms with Gasteiger partial charge in [-0.3, -0.25) is 0 Å². The van der Waals surface area contributed by atoms with Gasteiger partial charge in [-0.2, -0.15) is 0 Å². The highest BCUT2D eigenvalue weighted by Crippen LogP contribution is 2.28. The maximum Gasteiger partial charge on any atom is 0.298 e. The van der Waals surface area contributed by atoms with E-state index in [-0.39, 0.29) is 12.5 Å². The van der Waals surface area contributed by atoms with Crippen molar-refractivity contribution in [3.8, 4) is 0 Å². The molecule has 1 rings (SSSR count). The molecule has 2 nitrogen and oxygen atoms in total. The molecule has 96 valence electrons. The molecular formula is C12H23F2NO. The Morgan fingerprint density at radius 3 is 2.25 bits per heavy atom. The molecule has 1 aliphatic rings. The van der Waals surface area contributed by atoms with Crippen LogP contribution in [0.5, 0.6) is 0 Å². The molecule has 0 saturated carbocycles. The number of allylic oxidation sites excluding steroid dienone is 2. The van der Waals surface area contributed by atoms with Gasteiger partial charge in [0.05, 0.1) is 12.2 Å². The summed E-state index contributed by atoms with van der Waals surface area (Å²) in [6.07, 6.45) is 0. The standard InChI is InChI=1S/C10H17F2NO.C2H6/c1-7(2)9-8(3)14-6-10(11,12)5-13(9)4;1-2/h7H,5-6H2,1-4H3;1-2H3. The molecular weight excluding hydrogens is 212 g/mol. The largest absolute Gasteiger partial charge is 0.490 e. The summed E-state index contributed by atoms with van der Waals surface area (Å²) in [4.78, 5) is 1.59. The lowest BCUT2D eigenvalue weighted by atomic mass is 10.1. The Balaban J connectivity index is 0.00000106. The molecule has 0 aromatic heterocycles. The van der Waals surface area contributed by atoms with Crippen LogP contribution in [0.4, 0.5) is 8.78 Å². The summed E-state index contributed by atoms with van der Waals surface area (Å²) in [7, 11) is 1.68.